The minimum Gasteiger partial charge on any atom is -0.453 e. The fourth-order valence-electron chi connectivity index (χ4n) is 5.46. The van der Waals surface area contributed by atoms with Crippen molar-refractivity contribution in [1.29, 1.82) is 0 Å². The molecule has 234 valence electrons. The Morgan fingerprint density at radius 2 is 1.40 bits per heavy atom. The summed E-state index contributed by atoms with van der Waals surface area (Å²) < 4.78 is 18.1. The fourth-order valence-corrected chi connectivity index (χ4v) is 5.46. The summed E-state index contributed by atoms with van der Waals surface area (Å²) in [5.74, 6) is -0.924. The number of hydrogen-bond donors (Lipinski definition) is 2. The van der Waals surface area contributed by atoms with Crippen molar-refractivity contribution in [3.63, 3.8) is 0 Å². The molecule has 2 N–H and O–H groups in total. The number of aliphatic hydroxyl groups excluding tert-OH is 1. The highest BCUT2D eigenvalue weighted by Crippen LogP contribution is 2.38. The Hall–Kier alpha value is -4.34. The number of rotatable bonds is 12. The van der Waals surface area contributed by atoms with Crippen LogP contribution in [0.2, 0.25) is 0 Å². The lowest BCUT2D eigenvalue weighted by Crippen LogP contribution is -2.39. The van der Waals surface area contributed by atoms with E-state index in [1.165, 1.54) is 25.0 Å². The summed E-state index contributed by atoms with van der Waals surface area (Å²) in [5.41, 5.74) is 5.72. The van der Waals surface area contributed by atoms with Crippen LogP contribution >= 0.6 is 0 Å². The van der Waals surface area contributed by atoms with E-state index >= 15 is 0 Å². The van der Waals surface area contributed by atoms with Gasteiger partial charge in [-0.05, 0) is 41.3 Å². The summed E-state index contributed by atoms with van der Waals surface area (Å²) >= 11 is 0. The molecular weight excluding hydrogens is 568 g/mol. The maximum absolute atomic E-state index is 12.4. The molecule has 0 aromatic heterocycles. The second-order valence-electron chi connectivity index (χ2n) is 11.4. The van der Waals surface area contributed by atoms with Gasteiger partial charge in [-0.2, -0.15) is 0 Å². The van der Waals surface area contributed by atoms with Crippen LogP contribution in [0.3, 0.4) is 0 Å². The third-order valence-corrected chi connectivity index (χ3v) is 7.74. The van der Waals surface area contributed by atoms with Gasteiger partial charge in [-0.1, -0.05) is 97.1 Å². The maximum atomic E-state index is 12.4. The molecule has 0 bridgehead atoms. The molecule has 1 aliphatic rings. The Balaban J connectivity index is 1.36. The Labute approximate surface area is 264 Å². The first-order valence-corrected chi connectivity index (χ1v) is 15.2. The van der Waals surface area contributed by atoms with Crippen LogP contribution in [0.1, 0.15) is 60.5 Å². The Morgan fingerprint density at radius 3 is 1.96 bits per heavy atom. The van der Waals surface area contributed by atoms with Gasteiger partial charge in [0.1, 0.15) is 0 Å². The van der Waals surface area contributed by atoms with Crippen LogP contribution in [0.4, 0.5) is 5.69 Å². The van der Waals surface area contributed by atoms with Crippen LogP contribution in [0.25, 0.3) is 0 Å². The molecule has 8 heteroatoms. The van der Waals surface area contributed by atoms with E-state index in [1.807, 2.05) is 48.5 Å². The number of aliphatic hydroxyl groups is 1. The van der Waals surface area contributed by atoms with E-state index in [4.69, 9.17) is 14.2 Å². The van der Waals surface area contributed by atoms with E-state index < -0.39 is 24.3 Å². The van der Waals surface area contributed by atoms with Crippen molar-refractivity contribution in [1.82, 2.24) is 4.90 Å². The smallest absolute Gasteiger partial charge is 0.303 e. The lowest BCUT2D eigenvalue weighted by molar-refractivity contribution is -0.253. The Morgan fingerprint density at radius 1 is 0.822 bits per heavy atom. The number of anilines is 1. The van der Waals surface area contributed by atoms with E-state index in [0.29, 0.717) is 18.7 Å². The normalized spacial score (nSPS) is 18.7. The monoisotopic (exact) mass is 608 g/mol. The van der Waals surface area contributed by atoms with Gasteiger partial charge in [-0.15, -0.1) is 0 Å². The first-order valence-electron chi connectivity index (χ1n) is 15.2. The molecular formula is C37H40N2O6. The molecule has 4 aromatic carbocycles. The topological polar surface area (TPSA) is 97.3 Å². The second kappa shape index (κ2) is 15.6. The Kier molecular flexibility index (Phi) is 11.1. The number of carbonyl (C=O) groups excluding carboxylic acids is 2. The van der Waals surface area contributed by atoms with Gasteiger partial charge in [0.15, 0.2) is 12.4 Å². The van der Waals surface area contributed by atoms with Crippen LogP contribution in [-0.2, 0) is 43.5 Å². The van der Waals surface area contributed by atoms with Crippen LogP contribution in [-0.4, -0.2) is 40.6 Å². The zero-order valence-corrected chi connectivity index (χ0v) is 25.7. The highest BCUT2D eigenvalue weighted by atomic mass is 16.7. The minimum absolute atomic E-state index is 0.0172. The van der Waals surface area contributed by atoms with Crippen LogP contribution in [0, 0.1) is 0 Å². The van der Waals surface area contributed by atoms with Gasteiger partial charge in [-0.25, -0.2) is 0 Å². The number of amides is 1. The van der Waals surface area contributed by atoms with E-state index in [1.54, 1.807) is 12.1 Å². The SMILES string of the molecule is CC(=O)OC(C)C(=O)Nc1ccc(C2OC(CN(Cc3ccccc3)Cc3ccccc3)CC(c3ccc(CO)cc3)O2)cc1. The van der Waals surface area contributed by atoms with Gasteiger partial charge >= 0.3 is 5.97 Å². The zero-order valence-electron chi connectivity index (χ0n) is 25.7. The summed E-state index contributed by atoms with van der Waals surface area (Å²) in [6.45, 7) is 5.02. The Bertz CT molecular complexity index is 1470. The molecule has 1 aliphatic heterocycles. The molecule has 4 atom stereocenters. The summed E-state index contributed by atoms with van der Waals surface area (Å²) in [4.78, 5) is 26.1. The molecule has 0 spiro atoms. The number of benzene rings is 4. The quantitative estimate of drug-likeness (QED) is 0.182. The van der Waals surface area contributed by atoms with Gasteiger partial charge in [0.2, 0.25) is 0 Å². The molecule has 4 aromatic rings. The standard InChI is InChI=1S/C37H40N2O6/c1-26(43-27(2)41)36(42)38-33-19-17-32(18-20-33)37-44-34(21-35(45-37)31-15-13-30(25-40)14-16-31)24-39(22-28-9-5-3-6-10-28)23-29-11-7-4-8-12-29/h3-20,26,34-35,37,40H,21-25H2,1-2H3,(H,38,42). The third kappa shape index (κ3) is 9.33. The summed E-state index contributed by atoms with van der Waals surface area (Å²) in [6, 6.07) is 36.0. The van der Waals surface area contributed by atoms with E-state index in [0.717, 1.165) is 29.8 Å². The predicted octanol–water partition coefficient (Wildman–Crippen LogP) is 6.32. The van der Waals surface area contributed by atoms with Crippen molar-refractivity contribution < 1.29 is 28.9 Å². The van der Waals surface area contributed by atoms with Gasteiger partial charge in [0.25, 0.3) is 5.91 Å². The van der Waals surface area contributed by atoms with Crippen molar-refractivity contribution in [3.8, 4) is 0 Å². The van der Waals surface area contributed by atoms with Crippen molar-refractivity contribution >= 4 is 17.6 Å². The van der Waals surface area contributed by atoms with Crippen LogP contribution in [0.15, 0.2) is 109 Å². The number of nitrogens with one attached hydrogen (secondary N) is 1. The molecule has 8 nitrogen and oxygen atoms in total. The molecule has 0 radical (unpaired) electrons. The van der Waals surface area contributed by atoms with Gasteiger partial charge in [0.05, 0.1) is 18.8 Å². The van der Waals surface area contributed by atoms with Gasteiger partial charge in [0, 0.05) is 44.2 Å². The lowest BCUT2D eigenvalue weighted by Gasteiger charge is -2.38. The minimum atomic E-state index is -0.902. The number of carbonyl (C=O) groups is 2. The van der Waals surface area contributed by atoms with Crippen molar-refractivity contribution in [2.75, 3.05) is 11.9 Å². The maximum Gasteiger partial charge on any atom is 0.303 e. The molecule has 45 heavy (non-hydrogen) atoms. The molecule has 1 amide bonds. The summed E-state index contributed by atoms with van der Waals surface area (Å²) in [6.07, 6.45) is -1.23. The van der Waals surface area contributed by atoms with Crippen molar-refractivity contribution in [2.45, 2.75) is 64.6 Å². The van der Waals surface area contributed by atoms with E-state index in [9.17, 15) is 14.7 Å². The first-order chi connectivity index (χ1) is 21.9. The van der Waals surface area contributed by atoms with E-state index in [-0.39, 0.29) is 18.8 Å². The second-order valence-corrected chi connectivity index (χ2v) is 11.4. The average Bonchev–Trinajstić information content (AvgIpc) is 3.05. The molecule has 1 saturated heterocycles. The highest BCUT2D eigenvalue weighted by molar-refractivity contribution is 5.94. The summed E-state index contributed by atoms with van der Waals surface area (Å²) in [7, 11) is 0. The van der Waals surface area contributed by atoms with Gasteiger partial charge < -0.3 is 24.6 Å². The predicted molar refractivity (Wildman–Crippen MR) is 172 cm³/mol. The number of ether oxygens (including phenoxy) is 3. The number of esters is 1. The molecule has 1 fully saturated rings. The largest absolute Gasteiger partial charge is 0.453 e. The molecule has 4 unspecified atom stereocenters. The van der Waals surface area contributed by atoms with E-state index in [2.05, 4.69) is 58.7 Å². The molecule has 1 heterocycles. The zero-order chi connectivity index (χ0) is 31.6. The first kappa shape index (κ1) is 32.1. The average molecular weight is 609 g/mol. The third-order valence-electron chi connectivity index (χ3n) is 7.74. The fraction of sp³-hybridized carbons (Fsp3) is 0.297. The highest BCUT2D eigenvalue weighted by Gasteiger charge is 2.33. The summed E-state index contributed by atoms with van der Waals surface area (Å²) in [5, 5.41) is 12.3. The molecule has 0 aliphatic carbocycles. The number of nitrogens with zero attached hydrogens (tertiary/aromatic N) is 1. The van der Waals surface area contributed by atoms with Gasteiger partial charge in [-0.3, -0.25) is 14.5 Å². The molecule has 0 saturated carbocycles. The van der Waals surface area contributed by atoms with Crippen molar-refractivity contribution in [3.05, 3.63) is 137 Å². The molecule has 5 rings (SSSR count). The lowest BCUT2D eigenvalue weighted by atomic mass is 9.99. The number of hydrogen-bond acceptors (Lipinski definition) is 7. The van der Waals surface area contributed by atoms with Crippen LogP contribution < -0.4 is 5.32 Å². The van der Waals surface area contributed by atoms with Crippen LogP contribution in [0.5, 0.6) is 0 Å². The van der Waals surface area contributed by atoms with Crippen molar-refractivity contribution in [2.24, 2.45) is 0 Å².